The van der Waals surface area contributed by atoms with Gasteiger partial charge in [-0.2, -0.15) is 4.31 Å². The zero-order valence-corrected chi connectivity index (χ0v) is 21.7. The molecular formula is C27H33N3O4S. The molecule has 3 rings (SSSR count). The highest BCUT2D eigenvalue weighted by molar-refractivity contribution is 7.89. The van der Waals surface area contributed by atoms with Gasteiger partial charge in [-0.05, 0) is 61.7 Å². The molecule has 0 bridgehead atoms. The smallest absolute Gasteiger partial charge is 0.243 e. The molecule has 0 aromatic heterocycles. The lowest BCUT2D eigenvalue weighted by atomic mass is 10.1. The number of carbonyl (C=O) groups excluding carboxylic acids is 2. The van der Waals surface area contributed by atoms with Crippen molar-refractivity contribution in [2.45, 2.75) is 51.2 Å². The molecule has 0 spiro atoms. The van der Waals surface area contributed by atoms with Crippen LogP contribution in [0.25, 0.3) is 10.8 Å². The Morgan fingerprint density at radius 1 is 0.914 bits per heavy atom. The third-order valence-electron chi connectivity index (χ3n) is 5.99. The van der Waals surface area contributed by atoms with Gasteiger partial charge in [0, 0.05) is 19.6 Å². The highest BCUT2D eigenvalue weighted by Gasteiger charge is 2.30. The number of hydrogen-bond acceptors (Lipinski definition) is 4. The standard InChI is InChI=1S/C27H33N3O4S/c1-19(2)28-27(32)21(4)30(17-24-13-7-6-10-20(24)3)26(31)18-29(5)35(33,34)25-15-14-22-11-8-9-12-23(22)16-25/h6-16,19,21H,17-18H2,1-5H3,(H,28,32). The third kappa shape index (κ3) is 6.26. The fraction of sp³-hybridized carbons (Fsp3) is 0.333. The predicted octanol–water partition coefficient (Wildman–Crippen LogP) is 3.71. The monoisotopic (exact) mass is 495 g/mol. The van der Waals surface area contributed by atoms with Crippen LogP contribution in [-0.2, 0) is 26.2 Å². The van der Waals surface area contributed by atoms with Crippen LogP contribution in [0.1, 0.15) is 31.9 Å². The van der Waals surface area contributed by atoms with Gasteiger partial charge in [-0.3, -0.25) is 9.59 Å². The largest absolute Gasteiger partial charge is 0.352 e. The van der Waals surface area contributed by atoms with Crippen molar-refractivity contribution >= 4 is 32.6 Å². The highest BCUT2D eigenvalue weighted by Crippen LogP contribution is 2.22. The second-order valence-corrected chi connectivity index (χ2v) is 11.1. The molecule has 0 saturated heterocycles. The number of nitrogens with zero attached hydrogens (tertiary/aromatic N) is 2. The minimum atomic E-state index is -3.92. The Kier molecular flexibility index (Phi) is 8.30. The lowest BCUT2D eigenvalue weighted by molar-refractivity contribution is -0.140. The van der Waals surface area contributed by atoms with Crippen LogP contribution in [0.4, 0.5) is 0 Å². The van der Waals surface area contributed by atoms with Crippen molar-refractivity contribution in [3.05, 3.63) is 77.9 Å². The Morgan fingerprint density at radius 3 is 2.20 bits per heavy atom. The maximum atomic E-state index is 13.4. The van der Waals surface area contributed by atoms with E-state index < -0.39 is 22.0 Å². The molecule has 0 aliphatic rings. The molecule has 1 unspecified atom stereocenters. The molecule has 0 radical (unpaired) electrons. The zero-order valence-electron chi connectivity index (χ0n) is 20.9. The molecule has 8 heteroatoms. The van der Waals surface area contributed by atoms with E-state index in [9.17, 15) is 18.0 Å². The van der Waals surface area contributed by atoms with E-state index in [0.717, 1.165) is 26.2 Å². The fourth-order valence-corrected chi connectivity index (χ4v) is 4.99. The molecule has 0 heterocycles. The summed E-state index contributed by atoms with van der Waals surface area (Å²) in [7, 11) is -2.54. The van der Waals surface area contributed by atoms with E-state index in [1.165, 1.54) is 11.9 Å². The number of amides is 2. The maximum Gasteiger partial charge on any atom is 0.243 e. The first-order valence-corrected chi connectivity index (χ1v) is 13.0. The lowest BCUT2D eigenvalue weighted by Crippen LogP contribution is -2.51. The molecule has 1 N–H and O–H groups in total. The van der Waals surface area contributed by atoms with Crippen LogP contribution in [-0.4, -0.2) is 55.1 Å². The second kappa shape index (κ2) is 11.0. The summed E-state index contributed by atoms with van der Waals surface area (Å²) < 4.78 is 27.6. The molecule has 3 aromatic rings. The third-order valence-corrected chi connectivity index (χ3v) is 7.79. The van der Waals surface area contributed by atoms with Crippen LogP contribution in [0, 0.1) is 6.92 Å². The molecule has 3 aromatic carbocycles. The number of carbonyl (C=O) groups is 2. The van der Waals surface area contributed by atoms with Crippen molar-refractivity contribution in [3.8, 4) is 0 Å². The number of likely N-dealkylation sites (N-methyl/N-ethyl adjacent to an activating group) is 1. The van der Waals surface area contributed by atoms with Gasteiger partial charge in [0.05, 0.1) is 11.4 Å². The Labute approximate surface area is 207 Å². The SMILES string of the molecule is Cc1ccccc1CN(C(=O)CN(C)S(=O)(=O)c1ccc2ccccc2c1)C(C)C(=O)NC(C)C. The van der Waals surface area contributed by atoms with Gasteiger partial charge in [-0.1, -0.05) is 54.6 Å². The molecule has 1 atom stereocenters. The molecule has 0 aliphatic heterocycles. The number of hydrogen-bond donors (Lipinski definition) is 1. The average molecular weight is 496 g/mol. The number of nitrogens with one attached hydrogen (secondary N) is 1. The van der Waals surface area contributed by atoms with E-state index >= 15 is 0 Å². The highest BCUT2D eigenvalue weighted by atomic mass is 32.2. The first-order valence-electron chi connectivity index (χ1n) is 11.6. The number of fused-ring (bicyclic) bond motifs is 1. The summed E-state index contributed by atoms with van der Waals surface area (Å²) in [6, 6.07) is 19.1. The summed E-state index contributed by atoms with van der Waals surface area (Å²) in [6.45, 7) is 7.10. The van der Waals surface area contributed by atoms with Crippen LogP contribution in [0.15, 0.2) is 71.6 Å². The van der Waals surface area contributed by atoms with Crippen molar-refractivity contribution in [2.75, 3.05) is 13.6 Å². The van der Waals surface area contributed by atoms with Gasteiger partial charge >= 0.3 is 0 Å². The van der Waals surface area contributed by atoms with Gasteiger partial charge in [-0.15, -0.1) is 0 Å². The molecule has 35 heavy (non-hydrogen) atoms. The zero-order chi connectivity index (χ0) is 25.8. The average Bonchev–Trinajstić information content (AvgIpc) is 2.82. The van der Waals surface area contributed by atoms with Gasteiger partial charge in [0.2, 0.25) is 21.8 Å². The Hall–Kier alpha value is -3.23. The summed E-state index contributed by atoms with van der Waals surface area (Å²) in [6.07, 6.45) is 0. The lowest BCUT2D eigenvalue weighted by Gasteiger charge is -2.31. The molecule has 0 saturated carbocycles. The van der Waals surface area contributed by atoms with Gasteiger partial charge < -0.3 is 10.2 Å². The van der Waals surface area contributed by atoms with E-state index in [1.54, 1.807) is 25.1 Å². The van der Waals surface area contributed by atoms with Gasteiger partial charge in [0.25, 0.3) is 0 Å². The normalized spacial score (nSPS) is 12.7. The molecule has 0 aliphatic carbocycles. The van der Waals surface area contributed by atoms with Crippen LogP contribution in [0.5, 0.6) is 0 Å². The number of rotatable bonds is 9. The fourth-order valence-electron chi connectivity index (χ4n) is 3.83. The maximum absolute atomic E-state index is 13.4. The number of sulfonamides is 1. The van der Waals surface area contributed by atoms with Crippen LogP contribution < -0.4 is 5.32 Å². The van der Waals surface area contributed by atoms with E-state index in [4.69, 9.17) is 0 Å². The van der Waals surface area contributed by atoms with Crippen molar-refractivity contribution in [3.63, 3.8) is 0 Å². The van der Waals surface area contributed by atoms with Crippen LogP contribution in [0.2, 0.25) is 0 Å². The van der Waals surface area contributed by atoms with E-state index in [-0.39, 0.29) is 29.9 Å². The Bertz CT molecular complexity index is 1320. The minimum Gasteiger partial charge on any atom is -0.352 e. The summed E-state index contributed by atoms with van der Waals surface area (Å²) in [4.78, 5) is 27.7. The Morgan fingerprint density at radius 2 is 1.54 bits per heavy atom. The first kappa shape index (κ1) is 26.4. The first-order chi connectivity index (χ1) is 16.5. The van der Waals surface area contributed by atoms with Crippen molar-refractivity contribution < 1.29 is 18.0 Å². The molecule has 7 nitrogen and oxygen atoms in total. The van der Waals surface area contributed by atoms with Crippen LogP contribution in [0.3, 0.4) is 0 Å². The molecule has 0 fully saturated rings. The summed E-state index contributed by atoms with van der Waals surface area (Å²) in [5.41, 5.74) is 1.88. The van der Waals surface area contributed by atoms with Crippen molar-refractivity contribution in [1.29, 1.82) is 0 Å². The number of benzene rings is 3. The predicted molar refractivity (Wildman–Crippen MR) is 138 cm³/mol. The quantitative estimate of drug-likeness (QED) is 0.490. The number of aryl methyl sites for hydroxylation is 1. The van der Waals surface area contributed by atoms with Gasteiger partial charge in [0.1, 0.15) is 6.04 Å². The molecule has 186 valence electrons. The molecular weight excluding hydrogens is 462 g/mol. The van der Waals surface area contributed by atoms with E-state index in [2.05, 4.69) is 5.32 Å². The topological polar surface area (TPSA) is 86.8 Å². The second-order valence-electron chi connectivity index (χ2n) is 9.06. The summed E-state index contributed by atoms with van der Waals surface area (Å²) >= 11 is 0. The summed E-state index contributed by atoms with van der Waals surface area (Å²) in [5.74, 6) is -0.742. The van der Waals surface area contributed by atoms with E-state index in [0.29, 0.717) is 0 Å². The van der Waals surface area contributed by atoms with Crippen molar-refractivity contribution in [1.82, 2.24) is 14.5 Å². The Balaban J connectivity index is 1.86. The summed E-state index contributed by atoms with van der Waals surface area (Å²) in [5, 5.41) is 4.57. The van der Waals surface area contributed by atoms with Gasteiger partial charge in [-0.25, -0.2) is 8.42 Å². The molecule has 2 amide bonds. The van der Waals surface area contributed by atoms with Gasteiger partial charge in [0.15, 0.2) is 0 Å². The van der Waals surface area contributed by atoms with E-state index in [1.807, 2.05) is 69.3 Å². The minimum absolute atomic E-state index is 0.0867. The van der Waals surface area contributed by atoms with Crippen LogP contribution >= 0.6 is 0 Å². The van der Waals surface area contributed by atoms with Crippen molar-refractivity contribution in [2.24, 2.45) is 0 Å².